The van der Waals surface area contributed by atoms with E-state index >= 15 is 0 Å². The highest BCUT2D eigenvalue weighted by atomic mass is 16.7. The van der Waals surface area contributed by atoms with E-state index in [2.05, 4.69) is 0 Å². The number of ether oxygens (including phenoxy) is 7. The molecule has 0 spiro atoms. The van der Waals surface area contributed by atoms with Crippen molar-refractivity contribution in [3.8, 4) is 45.6 Å². The molecule has 0 fully saturated rings. The first-order chi connectivity index (χ1) is 14.1. The van der Waals surface area contributed by atoms with E-state index in [0.29, 0.717) is 51.2 Å². The zero-order valence-corrected chi connectivity index (χ0v) is 16.2. The van der Waals surface area contributed by atoms with Gasteiger partial charge in [-0.2, -0.15) is 0 Å². The van der Waals surface area contributed by atoms with Crippen molar-refractivity contribution in [2.45, 2.75) is 13.5 Å². The molecule has 4 rings (SSSR count). The molecule has 0 saturated carbocycles. The fourth-order valence-electron chi connectivity index (χ4n) is 3.45. The number of esters is 1. The van der Waals surface area contributed by atoms with Gasteiger partial charge in [-0.05, 0) is 24.6 Å². The molecule has 0 aromatic heterocycles. The molecule has 154 valence electrons. The van der Waals surface area contributed by atoms with Crippen LogP contribution in [0.25, 0.3) is 11.1 Å². The summed E-state index contributed by atoms with van der Waals surface area (Å²) in [5.41, 5.74) is 1.45. The van der Waals surface area contributed by atoms with E-state index in [0.717, 1.165) is 0 Å². The number of benzene rings is 2. The Morgan fingerprint density at radius 1 is 0.931 bits per heavy atom. The predicted octanol–water partition coefficient (Wildman–Crippen LogP) is 2.50. The lowest BCUT2D eigenvalue weighted by Gasteiger charge is -2.19. The van der Waals surface area contributed by atoms with Gasteiger partial charge in [0, 0.05) is 11.1 Å². The van der Waals surface area contributed by atoms with Gasteiger partial charge < -0.3 is 38.3 Å². The monoisotopic (exact) mass is 404 g/mol. The molecular weight excluding hydrogens is 384 g/mol. The highest BCUT2D eigenvalue weighted by Gasteiger charge is 2.35. The minimum atomic E-state index is -0.577. The van der Waals surface area contributed by atoms with Crippen molar-refractivity contribution in [3.05, 3.63) is 23.3 Å². The van der Waals surface area contributed by atoms with E-state index in [1.54, 1.807) is 13.0 Å². The summed E-state index contributed by atoms with van der Waals surface area (Å²) < 4.78 is 38.4. The molecule has 1 N–H and O–H groups in total. The van der Waals surface area contributed by atoms with E-state index in [1.807, 2.05) is 0 Å². The van der Waals surface area contributed by atoms with Crippen molar-refractivity contribution < 1.29 is 43.1 Å². The SMILES string of the molecule is CCOC(=O)c1cc(OC)c2c(c1-c1c(CO)cc(OC)c3c1OCO3)OCO2. The zero-order valence-electron chi connectivity index (χ0n) is 16.2. The van der Waals surface area contributed by atoms with E-state index < -0.39 is 5.97 Å². The van der Waals surface area contributed by atoms with Crippen LogP contribution in [0.15, 0.2) is 12.1 Å². The summed E-state index contributed by atoms with van der Waals surface area (Å²) in [6.07, 6.45) is 0. The third kappa shape index (κ3) is 2.94. The van der Waals surface area contributed by atoms with Crippen molar-refractivity contribution in [1.29, 1.82) is 0 Å². The Kier molecular flexibility index (Phi) is 4.98. The second-order valence-corrected chi connectivity index (χ2v) is 6.12. The number of fused-ring (bicyclic) bond motifs is 2. The first-order valence-corrected chi connectivity index (χ1v) is 8.92. The third-order valence-corrected chi connectivity index (χ3v) is 4.65. The molecule has 2 aromatic carbocycles. The normalized spacial score (nSPS) is 13.4. The summed E-state index contributed by atoms with van der Waals surface area (Å²) in [4.78, 5) is 12.8. The Bertz CT molecular complexity index is 967. The molecule has 0 amide bonds. The summed E-state index contributed by atoms with van der Waals surface area (Å²) in [7, 11) is 2.96. The molecule has 0 atom stereocenters. The molecule has 2 aromatic rings. The van der Waals surface area contributed by atoms with Crippen molar-refractivity contribution >= 4 is 5.97 Å². The van der Waals surface area contributed by atoms with Gasteiger partial charge >= 0.3 is 5.97 Å². The maximum atomic E-state index is 12.8. The summed E-state index contributed by atoms with van der Waals surface area (Å²) in [5.74, 6) is 1.52. The van der Waals surface area contributed by atoms with Gasteiger partial charge in [-0.25, -0.2) is 4.79 Å². The van der Waals surface area contributed by atoms with E-state index in [1.165, 1.54) is 20.3 Å². The van der Waals surface area contributed by atoms with E-state index in [9.17, 15) is 9.90 Å². The Morgan fingerprint density at radius 2 is 1.48 bits per heavy atom. The molecule has 0 aliphatic carbocycles. The number of rotatable bonds is 6. The maximum Gasteiger partial charge on any atom is 0.339 e. The Labute approximate surface area is 166 Å². The van der Waals surface area contributed by atoms with Gasteiger partial charge in [0.05, 0.1) is 33.0 Å². The van der Waals surface area contributed by atoms with Crippen LogP contribution in [-0.4, -0.2) is 45.5 Å². The Hall–Kier alpha value is -3.33. The minimum absolute atomic E-state index is 0.0297. The number of aliphatic hydroxyl groups is 1. The molecule has 2 aliphatic heterocycles. The summed E-state index contributed by atoms with van der Waals surface area (Å²) in [6.45, 7) is 1.48. The van der Waals surface area contributed by atoms with Crippen molar-refractivity contribution in [2.75, 3.05) is 34.4 Å². The third-order valence-electron chi connectivity index (χ3n) is 4.65. The number of carbonyl (C=O) groups excluding carboxylic acids is 1. The number of aliphatic hydroxyl groups excluding tert-OH is 1. The molecule has 2 aliphatic rings. The number of hydrogen-bond acceptors (Lipinski definition) is 9. The fourth-order valence-corrected chi connectivity index (χ4v) is 3.45. The molecule has 29 heavy (non-hydrogen) atoms. The van der Waals surface area contributed by atoms with Crippen LogP contribution in [0.1, 0.15) is 22.8 Å². The Balaban J connectivity index is 2.07. The van der Waals surface area contributed by atoms with Gasteiger partial charge in [-0.3, -0.25) is 0 Å². The number of hydrogen-bond donors (Lipinski definition) is 1. The van der Waals surface area contributed by atoms with E-state index in [4.69, 9.17) is 33.2 Å². The summed E-state index contributed by atoms with van der Waals surface area (Å²) >= 11 is 0. The van der Waals surface area contributed by atoms with Crippen molar-refractivity contribution in [3.63, 3.8) is 0 Å². The molecule has 9 nitrogen and oxygen atoms in total. The van der Waals surface area contributed by atoms with Crippen LogP contribution in [0.5, 0.6) is 34.5 Å². The highest BCUT2D eigenvalue weighted by molar-refractivity contribution is 6.03. The highest BCUT2D eigenvalue weighted by Crippen LogP contribution is 2.56. The predicted molar refractivity (Wildman–Crippen MR) is 99.1 cm³/mol. The van der Waals surface area contributed by atoms with Gasteiger partial charge in [0.15, 0.2) is 23.0 Å². The first-order valence-electron chi connectivity index (χ1n) is 8.92. The van der Waals surface area contributed by atoms with Crippen molar-refractivity contribution in [2.24, 2.45) is 0 Å². The lowest BCUT2D eigenvalue weighted by atomic mass is 9.92. The lowest BCUT2D eigenvalue weighted by Crippen LogP contribution is -2.09. The van der Waals surface area contributed by atoms with Gasteiger partial charge in [-0.1, -0.05) is 0 Å². The topological polar surface area (TPSA) is 102 Å². The van der Waals surface area contributed by atoms with Crippen LogP contribution >= 0.6 is 0 Å². The van der Waals surface area contributed by atoms with Crippen LogP contribution in [0, 0.1) is 0 Å². The zero-order chi connectivity index (χ0) is 20.5. The second kappa shape index (κ2) is 7.59. The van der Waals surface area contributed by atoms with Gasteiger partial charge in [0.25, 0.3) is 0 Å². The van der Waals surface area contributed by atoms with Gasteiger partial charge in [-0.15, -0.1) is 0 Å². The number of methoxy groups -OCH3 is 2. The number of carbonyl (C=O) groups is 1. The molecule has 9 heteroatoms. The van der Waals surface area contributed by atoms with Gasteiger partial charge in [0.1, 0.15) is 0 Å². The molecule has 0 radical (unpaired) electrons. The molecule has 2 heterocycles. The molecule has 0 unspecified atom stereocenters. The lowest BCUT2D eigenvalue weighted by molar-refractivity contribution is 0.0526. The van der Waals surface area contributed by atoms with Crippen LogP contribution in [0.3, 0.4) is 0 Å². The molecule has 0 bridgehead atoms. The average molecular weight is 404 g/mol. The van der Waals surface area contributed by atoms with Crippen LogP contribution in [0.4, 0.5) is 0 Å². The quantitative estimate of drug-likeness (QED) is 0.728. The van der Waals surface area contributed by atoms with E-state index in [-0.39, 0.29) is 32.4 Å². The summed E-state index contributed by atoms with van der Waals surface area (Å²) in [6, 6.07) is 3.15. The standard InChI is InChI=1S/C20H20O9/c1-4-25-20(22)11-6-13(24-3)17-19(29-9-27-17)15(11)14-10(7-21)5-12(23-2)16-18(14)28-8-26-16/h5-6,21H,4,7-9H2,1-3H3. The van der Waals surface area contributed by atoms with Crippen LogP contribution < -0.4 is 28.4 Å². The van der Waals surface area contributed by atoms with Gasteiger partial charge in [0.2, 0.25) is 25.1 Å². The second-order valence-electron chi connectivity index (χ2n) is 6.12. The van der Waals surface area contributed by atoms with Crippen LogP contribution in [-0.2, 0) is 11.3 Å². The largest absolute Gasteiger partial charge is 0.493 e. The average Bonchev–Trinajstić information content (AvgIpc) is 3.41. The van der Waals surface area contributed by atoms with Crippen LogP contribution in [0.2, 0.25) is 0 Å². The molecule has 0 saturated heterocycles. The molecular formula is C20H20O9. The maximum absolute atomic E-state index is 12.8. The summed E-state index contributed by atoms with van der Waals surface area (Å²) in [5, 5.41) is 10.0. The first kappa shape index (κ1) is 19.0. The minimum Gasteiger partial charge on any atom is -0.493 e. The smallest absolute Gasteiger partial charge is 0.339 e. The van der Waals surface area contributed by atoms with Crippen molar-refractivity contribution in [1.82, 2.24) is 0 Å². The Morgan fingerprint density at radius 3 is 2.03 bits per heavy atom. The fraction of sp³-hybridized carbons (Fsp3) is 0.350.